The van der Waals surface area contributed by atoms with Gasteiger partial charge in [0, 0.05) is 7.79 Å². The molecule has 5 heteroatoms. The summed E-state index contributed by atoms with van der Waals surface area (Å²) in [5, 5.41) is 18.2. The number of primary amides is 1. The molecule has 0 unspecified atom stereocenters. The first-order valence-corrected chi connectivity index (χ1v) is 4.70. The van der Waals surface area contributed by atoms with Crippen molar-refractivity contribution in [3.8, 4) is 0 Å². The van der Waals surface area contributed by atoms with E-state index < -0.39 is 17.6 Å². The van der Waals surface area contributed by atoms with Gasteiger partial charge in [-0.15, -0.1) is 0 Å². The second kappa shape index (κ2) is 4.25. The van der Waals surface area contributed by atoms with Crippen molar-refractivity contribution in [2.45, 2.75) is 30.9 Å². The third kappa shape index (κ3) is 1.89. The van der Waals surface area contributed by atoms with E-state index >= 15 is 0 Å². The lowest BCUT2D eigenvalue weighted by atomic mass is 9.89. The van der Waals surface area contributed by atoms with Gasteiger partial charge in [0.05, 0.1) is 12.7 Å². The minimum Gasteiger partial charge on any atom is -0.394 e. The molecular formula is C9H18N2O3. The second-order valence-electron chi connectivity index (χ2n) is 3.80. The number of hydrogen-bond acceptors (Lipinski definition) is 4. The highest BCUT2D eigenvalue weighted by Crippen LogP contribution is 2.31. The molecule has 1 fully saturated rings. The van der Waals surface area contributed by atoms with E-state index in [4.69, 9.17) is 12.2 Å². The number of nitrogens with two attached hydrogens (primary N) is 1. The molecule has 4 N–H and O–H groups in total. The zero-order valence-electron chi connectivity index (χ0n) is 9.15. The predicted octanol–water partition coefficient (Wildman–Crippen LogP) is -1.32. The third-order valence-corrected chi connectivity index (χ3v) is 2.87. The summed E-state index contributed by atoms with van der Waals surface area (Å²) in [7, 11) is -0.0128. The molecule has 5 nitrogen and oxygen atoms in total. The summed E-state index contributed by atoms with van der Waals surface area (Å²) in [6, 6.07) is 0. The maximum atomic E-state index is 11.4. The van der Waals surface area contributed by atoms with Crippen molar-refractivity contribution < 1.29 is 16.4 Å². The lowest BCUT2D eigenvalue weighted by molar-refractivity contribution is -0.130. The largest absolute Gasteiger partial charge is 0.394 e. The Labute approximate surface area is 84.9 Å². The van der Waals surface area contributed by atoms with Gasteiger partial charge in [-0.25, -0.2) is 0 Å². The number of carbonyl (C=O) groups excluding carboxylic acids is 1. The number of aliphatic hydroxyl groups excluding tert-OH is 2. The molecular weight excluding hydrogens is 184 g/mol. The molecule has 1 saturated heterocycles. The van der Waals surface area contributed by atoms with Crippen LogP contribution in [0.1, 0.15) is 20.6 Å². The van der Waals surface area contributed by atoms with E-state index in [1.165, 1.54) is 0 Å². The van der Waals surface area contributed by atoms with Crippen LogP contribution in [0.25, 0.3) is 0 Å². The molecule has 0 spiro atoms. The molecule has 0 aliphatic carbocycles. The molecule has 1 aliphatic rings. The molecule has 0 bridgehead atoms. The Kier molecular flexibility index (Phi) is 3.00. The van der Waals surface area contributed by atoms with Gasteiger partial charge >= 0.3 is 0 Å². The third-order valence-electron chi connectivity index (χ3n) is 2.87. The van der Waals surface area contributed by atoms with Crippen LogP contribution >= 0.6 is 0 Å². The quantitative estimate of drug-likeness (QED) is 0.529. The fraction of sp³-hybridized carbons (Fsp3) is 0.889. The highest BCUT2D eigenvalue weighted by Gasteiger charge is 2.45. The molecule has 14 heavy (non-hydrogen) atoms. The Bertz CT molecular complexity index is 239. The molecule has 0 radical (unpaired) electrons. The van der Waals surface area contributed by atoms with Crippen molar-refractivity contribution in [1.82, 2.24) is 4.90 Å². The number of amides is 1. The standard InChI is InChI=1S/C9H18N2O3/c1-11-4-2-3-9(11,8(10)14)5-7(13)6-12/h7,12-13H,2-6H2,1H3,(H2,10,14)/t7-,9+/m0/s1/i1D. The first kappa shape index (κ1) is 9.89. The van der Waals surface area contributed by atoms with E-state index in [2.05, 4.69) is 0 Å². The zero-order chi connectivity index (χ0) is 11.5. The number of nitrogens with zero attached hydrogens (tertiary/aromatic N) is 1. The number of hydrogen-bond donors (Lipinski definition) is 3. The van der Waals surface area contributed by atoms with Gasteiger partial charge in [0.15, 0.2) is 0 Å². The minimum atomic E-state index is -0.954. The van der Waals surface area contributed by atoms with Gasteiger partial charge in [0.2, 0.25) is 5.91 Å². The van der Waals surface area contributed by atoms with Crippen molar-refractivity contribution in [3.05, 3.63) is 0 Å². The fourth-order valence-corrected chi connectivity index (χ4v) is 2.00. The first-order chi connectivity index (χ1) is 7.06. The number of aliphatic hydroxyl groups is 2. The smallest absolute Gasteiger partial charge is 0.238 e. The monoisotopic (exact) mass is 203 g/mol. The summed E-state index contributed by atoms with van der Waals surface area (Å²) in [6.45, 7) is 0.255. The summed E-state index contributed by atoms with van der Waals surface area (Å²) >= 11 is 0. The topological polar surface area (TPSA) is 86.8 Å². The van der Waals surface area contributed by atoms with E-state index in [-0.39, 0.29) is 20.1 Å². The van der Waals surface area contributed by atoms with Crippen LogP contribution in [0.4, 0.5) is 0 Å². The maximum absolute atomic E-state index is 11.4. The average molecular weight is 203 g/mol. The normalized spacial score (nSPS) is 31.4. The number of likely N-dealkylation sites (tertiary alicyclic amines) is 1. The van der Waals surface area contributed by atoms with E-state index in [1.54, 1.807) is 4.90 Å². The van der Waals surface area contributed by atoms with Crippen molar-refractivity contribution >= 4 is 5.91 Å². The molecule has 82 valence electrons. The SMILES string of the molecule is [2H]CN1CCC[C@@]1(C[C@H](O)CO)C(N)=O. The van der Waals surface area contributed by atoms with Crippen LogP contribution in [0.2, 0.25) is 0 Å². The van der Waals surface area contributed by atoms with Crippen LogP contribution in [0.5, 0.6) is 0 Å². The summed E-state index contributed by atoms with van der Waals surface area (Å²) in [4.78, 5) is 13.1. The highest BCUT2D eigenvalue weighted by atomic mass is 16.3. The van der Waals surface area contributed by atoms with Gasteiger partial charge in [-0.3, -0.25) is 9.69 Å². The van der Waals surface area contributed by atoms with Gasteiger partial charge in [0.25, 0.3) is 0 Å². The minimum absolute atomic E-state index is 0.0128. The van der Waals surface area contributed by atoms with E-state index in [9.17, 15) is 9.90 Å². The van der Waals surface area contributed by atoms with Crippen LogP contribution in [-0.2, 0) is 4.79 Å². The number of rotatable bonds is 4. The van der Waals surface area contributed by atoms with E-state index in [0.717, 1.165) is 6.42 Å². The molecule has 0 aromatic heterocycles. The van der Waals surface area contributed by atoms with E-state index in [0.29, 0.717) is 13.0 Å². The molecule has 1 heterocycles. The lowest BCUT2D eigenvalue weighted by Crippen LogP contribution is -2.54. The lowest BCUT2D eigenvalue weighted by Gasteiger charge is -2.34. The summed E-state index contributed by atoms with van der Waals surface area (Å²) in [5.74, 6) is -0.514. The van der Waals surface area contributed by atoms with Gasteiger partial charge in [-0.05, 0) is 26.4 Å². The number of carbonyl (C=O) groups is 1. The Hall–Kier alpha value is -0.650. The Morgan fingerprint density at radius 1 is 1.86 bits per heavy atom. The summed E-state index contributed by atoms with van der Waals surface area (Å²) in [5.41, 5.74) is 4.40. The van der Waals surface area contributed by atoms with Gasteiger partial charge in [0.1, 0.15) is 5.54 Å². The Morgan fingerprint density at radius 3 is 3.07 bits per heavy atom. The van der Waals surface area contributed by atoms with Gasteiger partial charge in [-0.2, -0.15) is 0 Å². The molecule has 0 saturated carbocycles. The Morgan fingerprint density at radius 2 is 2.57 bits per heavy atom. The second-order valence-corrected chi connectivity index (χ2v) is 3.80. The maximum Gasteiger partial charge on any atom is 0.238 e. The molecule has 0 aromatic rings. The summed E-state index contributed by atoms with van der Waals surface area (Å²) in [6.07, 6.45) is 0.500. The molecule has 1 amide bonds. The molecule has 0 aromatic carbocycles. The van der Waals surface area contributed by atoms with Crippen molar-refractivity contribution in [2.75, 3.05) is 20.2 Å². The number of likely N-dealkylation sites (N-methyl/N-ethyl adjacent to an activating group) is 1. The van der Waals surface area contributed by atoms with E-state index in [1.807, 2.05) is 0 Å². The summed E-state index contributed by atoms with van der Waals surface area (Å²) < 4.78 is 7.32. The predicted molar refractivity (Wildman–Crippen MR) is 51.5 cm³/mol. The van der Waals surface area contributed by atoms with Crippen molar-refractivity contribution in [3.63, 3.8) is 0 Å². The van der Waals surface area contributed by atoms with Crippen LogP contribution in [0, 0.1) is 0 Å². The van der Waals surface area contributed by atoms with Crippen LogP contribution in [0.15, 0.2) is 0 Å². The van der Waals surface area contributed by atoms with Crippen LogP contribution < -0.4 is 5.73 Å². The highest BCUT2D eigenvalue weighted by molar-refractivity contribution is 5.85. The fourth-order valence-electron chi connectivity index (χ4n) is 2.00. The molecule has 1 rings (SSSR count). The first-order valence-electron chi connectivity index (χ1n) is 5.40. The zero-order valence-corrected chi connectivity index (χ0v) is 8.15. The average Bonchev–Trinajstić information content (AvgIpc) is 2.61. The van der Waals surface area contributed by atoms with Crippen molar-refractivity contribution in [2.24, 2.45) is 5.73 Å². The van der Waals surface area contributed by atoms with Crippen LogP contribution in [0.3, 0.4) is 0 Å². The molecule has 2 atom stereocenters. The van der Waals surface area contributed by atoms with Gasteiger partial charge in [-0.1, -0.05) is 0 Å². The van der Waals surface area contributed by atoms with Crippen LogP contribution in [-0.4, -0.2) is 52.8 Å². The molecule has 1 aliphatic heterocycles. The van der Waals surface area contributed by atoms with Gasteiger partial charge < -0.3 is 15.9 Å². The van der Waals surface area contributed by atoms with Crippen molar-refractivity contribution in [1.29, 1.82) is 0 Å². The Balaban J connectivity index is 2.82.